The molecule has 1 atom stereocenters. The molecule has 0 aliphatic carbocycles. The number of hydrogen-bond acceptors (Lipinski definition) is 4. The summed E-state index contributed by atoms with van der Waals surface area (Å²) in [6.07, 6.45) is 0. The highest BCUT2D eigenvalue weighted by atomic mass is 79.9. The van der Waals surface area contributed by atoms with Gasteiger partial charge in [-0.05, 0) is 47.8 Å². The zero-order valence-electron chi connectivity index (χ0n) is 15.2. The highest BCUT2D eigenvalue weighted by Gasteiger charge is 2.22. The van der Waals surface area contributed by atoms with Gasteiger partial charge in [0.15, 0.2) is 17.0 Å². The van der Waals surface area contributed by atoms with Gasteiger partial charge in [0.25, 0.3) is 5.91 Å². The zero-order valence-corrected chi connectivity index (χ0v) is 16.8. The van der Waals surface area contributed by atoms with Gasteiger partial charge >= 0.3 is 0 Å². The molecule has 138 valence electrons. The maximum atomic E-state index is 12.6. The largest absolute Gasteiger partial charge is 0.490 e. The van der Waals surface area contributed by atoms with E-state index in [9.17, 15) is 4.79 Å². The molecule has 1 aromatic carbocycles. The fraction of sp³-hybridized carbons (Fsp3) is 0.368. The Balaban J connectivity index is 1.81. The minimum atomic E-state index is -0.310. The van der Waals surface area contributed by atoms with Crippen LogP contribution in [0.1, 0.15) is 61.6 Å². The van der Waals surface area contributed by atoms with Crippen molar-refractivity contribution >= 4 is 32.8 Å². The predicted molar refractivity (Wildman–Crippen MR) is 104 cm³/mol. The number of furan rings is 1. The van der Waals surface area contributed by atoms with Gasteiger partial charge in [-0.2, -0.15) is 5.10 Å². The van der Waals surface area contributed by atoms with E-state index in [1.54, 1.807) is 0 Å². The van der Waals surface area contributed by atoms with Crippen LogP contribution in [0.2, 0.25) is 0 Å². The van der Waals surface area contributed by atoms with Crippen LogP contribution in [0.5, 0.6) is 5.75 Å². The van der Waals surface area contributed by atoms with Crippen LogP contribution < -0.4 is 10.1 Å². The van der Waals surface area contributed by atoms with Crippen molar-refractivity contribution in [3.05, 3.63) is 45.9 Å². The summed E-state index contributed by atoms with van der Waals surface area (Å²) in [5, 5.41) is 10.9. The number of aromatic nitrogens is 2. The highest BCUT2D eigenvalue weighted by molar-refractivity contribution is 9.10. The van der Waals surface area contributed by atoms with E-state index in [0.29, 0.717) is 33.9 Å². The summed E-state index contributed by atoms with van der Waals surface area (Å²) in [4.78, 5) is 12.6. The van der Waals surface area contributed by atoms with Gasteiger partial charge in [-0.25, -0.2) is 0 Å². The molecule has 0 radical (unpaired) electrons. The maximum absolute atomic E-state index is 12.6. The van der Waals surface area contributed by atoms with E-state index in [1.165, 1.54) is 0 Å². The molecular weight excluding hydrogens is 398 g/mol. The molecule has 1 amide bonds. The van der Waals surface area contributed by atoms with E-state index in [1.807, 2.05) is 52.0 Å². The lowest BCUT2D eigenvalue weighted by molar-refractivity contribution is 0.0930. The summed E-state index contributed by atoms with van der Waals surface area (Å²) < 4.78 is 12.2. The lowest BCUT2D eigenvalue weighted by atomic mass is 10.1. The van der Waals surface area contributed by atoms with Crippen molar-refractivity contribution in [1.29, 1.82) is 0 Å². The smallest absolute Gasteiger partial charge is 0.273 e. The molecule has 2 aromatic heterocycles. The van der Waals surface area contributed by atoms with Gasteiger partial charge in [-0.3, -0.25) is 9.89 Å². The van der Waals surface area contributed by atoms with Crippen molar-refractivity contribution in [1.82, 2.24) is 15.5 Å². The molecular formula is C19H22BrN3O3. The number of hydrogen-bond donors (Lipinski definition) is 2. The average Bonchev–Trinajstić information content (AvgIpc) is 3.19. The first kappa shape index (κ1) is 18.5. The Bertz CT molecular complexity index is 929. The first-order chi connectivity index (χ1) is 12.4. The van der Waals surface area contributed by atoms with E-state index >= 15 is 0 Å². The van der Waals surface area contributed by atoms with Gasteiger partial charge in [0.1, 0.15) is 5.76 Å². The molecule has 7 heteroatoms. The van der Waals surface area contributed by atoms with Crippen LogP contribution in [0.3, 0.4) is 0 Å². The van der Waals surface area contributed by atoms with Crippen LogP contribution >= 0.6 is 15.9 Å². The third kappa shape index (κ3) is 3.49. The molecule has 0 spiro atoms. The van der Waals surface area contributed by atoms with Crippen molar-refractivity contribution < 1.29 is 13.9 Å². The Morgan fingerprint density at radius 2 is 2.15 bits per heavy atom. The molecule has 3 rings (SSSR count). The molecule has 0 aliphatic heterocycles. The number of amides is 1. The molecule has 6 nitrogen and oxygen atoms in total. The van der Waals surface area contributed by atoms with Crippen molar-refractivity contribution in [3.8, 4) is 5.75 Å². The molecule has 2 heterocycles. The Hall–Kier alpha value is -2.28. The molecule has 0 bridgehead atoms. The quantitative estimate of drug-likeness (QED) is 0.593. The number of benzene rings is 1. The van der Waals surface area contributed by atoms with Crippen molar-refractivity contribution in [2.75, 3.05) is 6.61 Å². The number of halogens is 1. The zero-order chi connectivity index (χ0) is 18.8. The van der Waals surface area contributed by atoms with Crippen LogP contribution in [-0.2, 0) is 0 Å². The van der Waals surface area contributed by atoms with E-state index in [4.69, 9.17) is 9.15 Å². The fourth-order valence-electron chi connectivity index (χ4n) is 2.75. The summed E-state index contributed by atoms with van der Waals surface area (Å²) in [7, 11) is 0. The number of ether oxygens (including phenoxy) is 1. The Labute approximate surface area is 160 Å². The number of aromatic amines is 1. The predicted octanol–water partition coefficient (Wildman–Crippen LogP) is 4.93. The molecule has 0 saturated carbocycles. The maximum Gasteiger partial charge on any atom is 0.273 e. The van der Waals surface area contributed by atoms with E-state index < -0.39 is 0 Å². The summed E-state index contributed by atoms with van der Waals surface area (Å²) in [6, 6.07) is 7.36. The highest BCUT2D eigenvalue weighted by Crippen LogP contribution is 2.31. The normalized spacial score (nSPS) is 12.5. The lowest BCUT2D eigenvalue weighted by Crippen LogP contribution is -2.27. The number of carbonyl (C=O) groups is 1. The second kappa shape index (κ2) is 7.53. The van der Waals surface area contributed by atoms with Gasteiger partial charge in [0.05, 0.1) is 22.8 Å². The van der Waals surface area contributed by atoms with Crippen molar-refractivity contribution in [2.24, 2.45) is 0 Å². The third-order valence-electron chi connectivity index (χ3n) is 4.13. The molecule has 0 fully saturated rings. The molecule has 3 aromatic rings. The van der Waals surface area contributed by atoms with Crippen LogP contribution in [0.15, 0.2) is 33.2 Å². The van der Waals surface area contributed by atoms with Gasteiger partial charge in [-0.15, -0.1) is 0 Å². The van der Waals surface area contributed by atoms with Crippen molar-refractivity contribution in [3.63, 3.8) is 0 Å². The number of rotatable bonds is 6. The van der Waals surface area contributed by atoms with Gasteiger partial charge in [-0.1, -0.05) is 26.0 Å². The molecule has 1 unspecified atom stereocenters. The van der Waals surface area contributed by atoms with Crippen molar-refractivity contribution in [2.45, 2.75) is 39.7 Å². The second-order valence-corrected chi connectivity index (χ2v) is 7.20. The number of H-pyrrole nitrogens is 1. The van der Waals surface area contributed by atoms with E-state index in [0.717, 1.165) is 11.1 Å². The molecule has 0 aliphatic rings. The van der Waals surface area contributed by atoms with Crippen LogP contribution in [0.25, 0.3) is 11.0 Å². The minimum absolute atomic E-state index is 0.239. The van der Waals surface area contributed by atoms with Gasteiger partial charge < -0.3 is 14.5 Å². The second-order valence-electron chi connectivity index (χ2n) is 6.41. The monoisotopic (exact) mass is 419 g/mol. The van der Waals surface area contributed by atoms with Crippen LogP contribution in [0, 0.1) is 0 Å². The summed E-state index contributed by atoms with van der Waals surface area (Å²) in [5.41, 5.74) is 1.92. The third-order valence-corrected chi connectivity index (χ3v) is 4.93. The topological polar surface area (TPSA) is 80.1 Å². The number of nitrogens with zero attached hydrogens (tertiary/aromatic N) is 1. The minimum Gasteiger partial charge on any atom is -0.490 e. The number of fused-ring (bicyclic) bond motifs is 1. The Kier molecular flexibility index (Phi) is 5.36. The standard InChI is InChI=1S/C19H22BrN3O3/c1-5-25-13-8-6-7-12-9-14(26-18(12)13)11(4)21-19(24)17-15(20)16(10(2)3)22-23-17/h6-11H,5H2,1-4H3,(H,21,24)(H,22,23). The van der Waals surface area contributed by atoms with Crippen LogP contribution in [0.4, 0.5) is 0 Å². The number of carbonyl (C=O) groups excluding carboxylic acids is 1. The summed E-state index contributed by atoms with van der Waals surface area (Å²) in [5.74, 6) is 1.34. The van der Waals surface area contributed by atoms with Crippen LogP contribution in [-0.4, -0.2) is 22.7 Å². The van der Waals surface area contributed by atoms with E-state index in [-0.39, 0.29) is 17.9 Å². The number of nitrogens with one attached hydrogen (secondary N) is 2. The first-order valence-corrected chi connectivity index (χ1v) is 9.41. The SMILES string of the molecule is CCOc1cccc2cc(C(C)NC(=O)c3n[nH]c(C(C)C)c3Br)oc12. The summed E-state index contributed by atoms with van der Waals surface area (Å²) in [6.45, 7) is 8.44. The fourth-order valence-corrected chi connectivity index (χ4v) is 3.57. The van der Waals surface area contributed by atoms with Gasteiger partial charge in [0, 0.05) is 5.39 Å². The number of para-hydroxylation sites is 1. The first-order valence-electron chi connectivity index (χ1n) is 8.62. The molecule has 26 heavy (non-hydrogen) atoms. The Morgan fingerprint density at radius 1 is 1.38 bits per heavy atom. The Morgan fingerprint density at radius 3 is 2.81 bits per heavy atom. The molecule has 2 N–H and O–H groups in total. The lowest BCUT2D eigenvalue weighted by Gasteiger charge is -2.10. The summed E-state index contributed by atoms with van der Waals surface area (Å²) >= 11 is 3.46. The average molecular weight is 420 g/mol. The molecule has 0 saturated heterocycles. The van der Waals surface area contributed by atoms with Gasteiger partial charge in [0.2, 0.25) is 0 Å². The van der Waals surface area contributed by atoms with E-state index in [2.05, 4.69) is 31.4 Å².